The lowest BCUT2D eigenvalue weighted by atomic mass is 10.2. The number of aromatic nitrogens is 3. The highest BCUT2D eigenvalue weighted by Gasteiger charge is 2.23. The highest BCUT2D eigenvalue weighted by molar-refractivity contribution is 6.36. The van der Waals surface area contributed by atoms with Crippen LogP contribution in [-0.2, 0) is 11.9 Å². The Morgan fingerprint density at radius 1 is 1.46 bits per heavy atom. The Balaban J connectivity index is 2.21. The summed E-state index contributed by atoms with van der Waals surface area (Å²) < 4.78 is 27.1. The predicted octanol–water partition coefficient (Wildman–Crippen LogP) is 3.23. The second-order valence-corrected chi connectivity index (χ2v) is 5.87. The van der Waals surface area contributed by atoms with Crippen LogP contribution in [0.2, 0.25) is 10.0 Å². The van der Waals surface area contributed by atoms with Crippen LogP contribution in [0.15, 0.2) is 23.6 Å². The van der Waals surface area contributed by atoms with E-state index in [0.717, 1.165) is 4.68 Å². The van der Waals surface area contributed by atoms with Crippen LogP contribution in [0.4, 0.5) is 8.78 Å². The van der Waals surface area contributed by atoms with Gasteiger partial charge in [-0.3, -0.25) is 14.5 Å². The summed E-state index contributed by atoms with van der Waals surface area (Å²) in [4.78, 5) is 21.3. The summed E-state index contributed by atoms with van der Waals surface area (Å²) in [6.07, 6.45) is -0.299. The number of pyridine rings is 1. The average Bonchev–Trinajstić information content (AvgIpc) is 2.98. The van der Waals surface area contributed by atoms with Gasteiger partial charge < -0.3 is 10.2 Å². The van der Waals surface area contributed by atoms with Crippen molar-refractivity contribution in [3.8, 4) is 0 Å². The zero-order chi connectivity index (χ0) is 19.3. The molecule has 0 aliphatic heterocycles. The Morgan fingerprint density at radius 2 is 2.19 bits per heavy atom. The van der Waals surface area contributed by atoms with Crippen molar-refractivity contribution in [1.82, 2.24) is 20.1 Å². The molecule has 2 heterocycles. The minimum Gasteiger partial charge on any atom is -0.396 e. The highest BCUT2D eigenvalue weighted by atomic mass is 35.5. The number of amides is 1. The molecule has 0 unspecified atom stereocenters. The SMILES string of the molecule is CCO/N=C(/CNC(=O)c1cn(C)nc1C(F)F)c1ncc(Cl)cc1Cl. The van der Waals surface area contributed by atoms with Gasteiger partial charge >= 0.3 is 0 Å². The highest BCUT2D eigenvalue weighted by Crippen LogP contribution is 2.21. The van der Waals surface area contributed by atoms with Crippen molar-refractivity contribution in [2.75, 3.05) is 13.2 Å². The van der Waals surface area contributed by atoms with Crippen LogP contribution in [0, 0.1) is 0 Å². The van der Waals surface area contributed by atoms with E-state index < -0.39 is 18.0 Å². The van der Waals surface area contributed by atoms with Crippen LogP contribution in [0.1, 0.15) is 35.1 Å². The number of rotatable bonds is 7. The number of alkyl halides is 2. The fourth-order valence-electron chi connectivity index (χ4n) is 2.03. The summed E-state index contributed by atoms with van der Waals surface area (Å²) in [5, 5.41) is 10.5. The van der Waals surface area contributed by atoms with E-state index in [4.69, 9.17) is 28.0 Å². The van der Waals surface area contributed by atoms with Crippen LogP contribution in [0.3, 0.4) is 0 Å². The van der Waals surface area contributed by atoms with E-state index in [0.29, 0.717) is 5.02 Å². The number of carbonyl (C=O) groups is 1. The molecule has 0 aliphatic rings. The van der Waals surface area contributed by atoms with Crippen molar-refractivity contribution >= 4 is 34.8 Å². The van der Waals surface area contributed by atoms with Crippen LogP contribution in [0.5, 0.6) is 0 Å². The zero-order valence-corrected chi connectivity index (χ0v) is 15.4. The number of nitrogens with zero attached hydrogens (tertiary/aromatic N) is 4. The van der Waals surface area contributed by atoms with E-state index in [-0.39, 0.29) is 35.1 Å². The number of oxime groups is 1. The molecule has 2 aromatic rings. The molecule has 0 atom stereocenters. The fraction of sp³-hybridized carbons (Fsp3) is 0.333. The lowest BCUT2D eigenvalue weighted by molar-refractivity contribution is 0.0944. The summed E-state index contributed by atoms with van der Waals surface area (Å²) in [7, 11) is 1.45. The van der Waals surface area contributed by atoms with Gasteiger partial charge in [-0.2, -0.15) is 5.10 Å². The molecule has 2 rings (SSSR count). The van der Waals surface area contributed by atoms with Crippen molar-refractivity contribution in [2.24, 2.45) is 12.2 Å². The van der Waals surface area contributed by atoms with Gasteiger partial charge in [0.25, 0.3) is 12.3 Å². The van der Waals surface area contributed by atoms with Gasteiger partial charge in [-0.25, -0.2) is 8.78 Å². The maximum Gasteiger partial charge on any atom is 0.282 e. The Labute approximate surface area is 157 Å². The molecule has 0 saturated carbocycles. The van der Waals surface area contributed by atoms with Crippen molar-refractivity contribution in [3.63, 3.8) is 0 Å². The van der Waals surface area contributed by atoms with E-state index in [1.54, 1.807) is 6.92 Å². The Kier molecular flexibility index (Phi) is 6.87. The largest absolute Gasteiger partial charge is 0.396 e. The molecule has 0 aliphatic carbocycles. The molecule has 0 radical (unpaired) electrons. The number of carbonyl (C=O) groups excluding carboxylic acids is 1. The van der Waals surface area contributed by atoms with Gasteiger partial charge in [0.2, 0.25) is 0 Å². The third-order valence-electron chi connectivity index (χ3n) is 3.11. The summed E-state index contributed by atoms with van der Waals surface area (Å²) in [6, 6.07) is 1.46. The molecule has 0 spiro atoms. The molecule has 0 saturated heterocycles. The molecule has 26 heavy (non-hydrogen) atoms. The summed E-state index contributed by atoms with van der Waals surface area (Å²) in [5.41, 5.74) is -0.362. The molecule has 1 amide bonds. The van der Waals surface area contributed by atoms with Gasteiger partial charge in [-0.1, -0.05) is 28.4 Å². The van der Waals surface area contributed by atoms with E-state index in [1.165, 1.54) is 25.5 Å². The normalized spacial score (nSPS) is 11.7. The minimum absolute atomic E-state index is 0.148. The number of hydrogen-bond acceptors (Lipinski definition) is 5. The van der Waals surface area contributed by atoms with Gasteiger partial charge in [-0.15, -0.1) is 0 Å². The van der Waals surface area contributed by atoms with Gasteiger partial charge in [0.1, 0.15) is 23.7 Å². The maximum absolute atomic E-state index is 13.0. The Hall–Kier alpha value is -2.26. The van der Waals surface area contributed by atoms with Gasteiger partial charge in [-0.05, 0) is 13.0 Å². The molecule has 0 aromatic carbocycles. The summed E-state index contributed by atoms with van der Waals surface area (Å²) >= 11 is 11.9. The standard InChI is InChI=1S/C15H15Cl2F2N5O2/c1-3-26-23-11(13-10(17)4-8(16)5-20-13)6-21-15(25)9-7-24(2)22-12(9)14(18)19/h4-5,7,14H,3,6H2,1-2H3,(H,21,25)/b23-11-. The van der Waals surface area contributed by atoms with Crippen LogP contribution < -0.4 is 5.32 Å². The minimum atomic E-state index is -2.87. The maximum atomic E-state index is 13.0. The van der Waals surface area contributed by atoms with E-state index >= 15 is 0 Å². The molecule has 140 valence electrons. The predicted molar refractivity (Wildman–Crippen MR) is 92.9 cm³/mol. The van der Waals surface area contributed by atoms with Crippen LogP contribution in [0.25, 0.3) is 0 Å². The lowest BCUT2D eigenvalue weighted by Crippen LogP contribution is -2.31. The van der Waals surface area contributed by atoms with E-state index in [9.17, 15) is 13.6 Å². The van der Waals surface area contributed by atoms with Crippen LogP contribution in [-0.4, -0.2) is 39.5 Å². The quantitative estimate of drug-likeness (QED) is 0.566. The smallest absolute Gasteiger partial charge is 0.282 e. The Bertz CT molecular complexity index is 826. The van der Waals surface area contributed by atoms with Gasteiger partial charge in [0.15, 0.2) is 0 Å². The van der Waals surface area contributed by atoms with Gasteiger partial charge in [0, 0.05) is 19.4 Å². The average molecular weight is 406 g/mol. The number of hydrogen-bond donors (Lipinski definition) is 1. The first-order chi connectivity index (χ1) is 12.3. The third-order valence-corrected chi connectivity index (χ3v) is 3.60. The van der Waals surface area contributed by atoms with Crippen molar-refractivity contribution in [1.29, 1.82) is 0 Å². The number of nitrogens with one attached hydrogen (secondary N) is 1. The molecule has 1 N–H and O–H groups in total. The molecule has 2 aromatic heterocycles. The molecule has 0 bridgehead atoms. The van der Waals surface area contributed by atoms with E-state index in [2.05, 4.69) is 20.6 Å². The molecule has 11 heteroatoms. The first-order valence-electron chi connectivity index (χ1n) is 7.43. The Morgan fingerprint density at radius 3 is 2.81 bits per heavy atom. The molecule has 7 nitrogen and oxygen atoms in total. The molecular formula is C15H15Cl2F2N5O2. The van der Waals surface area contributed by atoms with Crippen molar-refractivity contribution in [3.05, 3.63) is 45.5 Å². The van der Waals surface area contributed by atoms with Crippen LogP contribution >= 0.6 is 23.2 Å². The number of aryl methyl sites for hydroxylation is 1. The van der Waals surface area contributed by atoms with Crippen molar-refractivity contribution < 1.29 is 18.4 Å². The topological polar surface area (TPSA) is 81.4 Å². The lowest BCUT2D eigenvalue weighted by Gasteiger charge is -2.09. The summed E-state index contributed by atoms with van der Waals surface area (Å²) in [6.45, 7) is 1.85. The van der Waals surface area contributed by atoms with Crippen molar-refractivity contribution in [2.45, 2.75) is 13.3 Å². The fourth-order valence-corrected chi connectivity index (χ4v) is 2.52. The van der Waals surface area contributed by atoms with E-state index in [1.807, 2.05) is 0 Å². The molecular weight excluding hydrogens is 391 g/mol. The zero-order valence-electron chi connectivity index (χ0n) is 13.8. The number of halogens is 4. The first kappa shape index (κ1) is 20.1. The second kappa shape index (κ2) is 8.91. The monoisotopic (exact) mass is 405 g/mol. The molecule has 0 fully saturated rings. The van der Waals surface area contributed by atoms with Gasteiger partial charge in [0.05, 0.1) is 22.2 Å². The third kappa shape index (κ3) is 4.89. The summed E-state index contributed by atoms with van der Waals surface area (Å²) in [5.74, 6) is -0.734. The first-order valence-corrected chi connectivity index (χ1v) is 8.19. The second-order valence-electron chi connectivity index (χ2n) is 5.02.